The summed E-state index contributed by atoms with van der Waals surface area (Å²) in [5, 5.41) is 19.7. The van der Waals surface area contributed by atoms with Crippen molar-refractivity contribution in [1.82, 2.24) is 9.13 Å². The largest absolute Gasteiger partial charge is 0.456 e. The van der Waals surface area contributed by atoms with E-state index in [2.05, 4.69) is 431 Å². The second-order valence-electron chi connectivity index (χ2n) is 31.0. The second kappa shape index (κ2) is 27.2. The average molecular weight is 1520 g/mol. The molecule has 0 saturated carbocycles. The number of nitrogens with zero attached hydrogens (tertiary/aromatic N) is 4. The molecule has 0 spiro atoms. The van der Waals surface area contributed by atoms with Crippen LogP contribution in [0.5, 0.6) is 0 Å². The van der Waals surface area contributed by atoms with Gasteiger partial charge in [-0.1, -0.05) is 279 Å². The van der Waals surface area contributed by atoms with Crippen LogP contribution in [0.1, 0.15) is 0 Å². The molecule has 20 aromatic carbocycles. The fourth-order valence-electron chi connectivity index (χ4n) is 18.9. The molecule has 0 N–H and O–H groups in total. The third-order valence-electron chi connectivity index (χ3n) is 24.5. The van der Waals surface area contributed by atoms with Gasteiger partial charge in [-0.25, -0.2) is 0 Å². The lowest BCUT2D eigenvalue weighted by Gasteiger charge is -2.26. The van der Waals surface area contributed by atoms with Gasteiger partial charge >= 0.3 is 0 Å². The molecule has 0 amide bonds. The van der Waals surface area contributed by atoms with Gasteiger partial charge in [-0.2, -0.15) is 0 Å². The molecule has 0 aliphatic rings. The SMILES string of the molecule is c1ccc(-c2ccc(N(c3ccc(-c4ccc(-n5c6ccccc6c6c7cc(-c8ccc9sc%10ccc(N(c%11ccc(-c%12ccccc%12)cc%11)c%11ccc(-c%12ccc(-n%13c%14ccccc%14c%14c%15ccccc%15c%15ccccc%15c%14%13)cc%12)cc%11)cc%10c9c8)ccc7c7ccccc7c65)cc4)cc3)c3ccc4oc5ccccc5c4c3)cc2)cc1. The Kier molecular flexibility index (Phi) is 15.5. The number of hydrogen-bond acceptors (Lipinski definition) is 4. The highest BCUT2D eigenvalue weighted by molar-refractivity contribution is 7.25. The van der Waals surface area contributed by atoms with E-state index < -0.39 is 0 Å². The maximum absolute atomic E-state index is 6.32. The van der Waals surface area contributed by atoms with Gasteiger partial charge in [-0.3, -0.25) is 0 Å². The second-order valence-corrected chi connectivity index (χ2v) is 32.1. The topological polar surface area (TPSA) is 29.5 Å². The van der Waals surface area contributed by atoms with E-state index in [0.717, 1.165) is 89.7 Å². The Morgan fingerprint density at radius 1 is 0.186 bits per heavy atom. The first kappa shape index (κ1) is 67.2. The van der Waals surface area contributed by atoms with E-state index in [0.29, 0.717) is 0 Å². The summed E-state index contributed by atoms with van der Waals surface area (Å²) in [4.78, 5) is 4.76. The van der Waals surface area contributed by atoms with Gasteiger partial charge in [0.2, 0.25) is 0 Å². The highest BCUT2D eigenvalue weighted by Crippen LogP contribution is 2.49. The first-order chi connectivity index (χ1) is 58.5. The molecule has 118 heavy (non-hydrogen) atoms. The van der Waals surface area contributed by atoms with E-state index >= 15 is 0 Å². The summed E-state index contributed by atoms with van der Waals surface area (Å²) in [6.45, 7) is 0. The third kappa shape index (κ3) is 10.9. The summed E-state index contributed by atoms with van der Waals surface area (Å²) in [5.41, 5.74) is 26.9. The summed E-state index contributed by atoms with van der Waals surface area (Å²) < 4.78 is 13.8. The van der Waals surface area contributed by atoms with Crippen molar-refractivity contribution < 1.29 is 4.42 Å². The molecule has 0 aliphatic heterocycles. The third-order valence-corrected chi connectivity index (χ3v) is 25.6. The van der Waals surface area contributed by atoms with Gasteiger partial charge in [-0.15, -0.1) is 11.3 Å². The normalized spacial score (nSPS) is 11.9. The van der Waals surface area contributed by atoms with Crippen molar-refractivity contribution in [3.63, 3.8) is 0 Å². The van der Waals surface area contributed by atoms with Crippen molar-refractivity contribution in [1.29, 1.82) is 0 Å². The quantitative estimate of drug-likeness (QED) is 0.108. The monoisotopic (exact) mass is 1520 g/mol. The van der Waals surface area contributed by atoms with Crippen LogP contribution in [0, 0.1) is 0 Å². The van der Waals surface area contributed by atoms with Crippen LogP contribution in [-0.4, -0.2) is 9.13 Å². The number of furan rings is 1. The number of benzene rings is 20. The Bertz CT molecular complexity index is 8120. The summed E-state index contributed by atoms with van der Waals surface area (Å²) in [6.07, 6.45) is 0. The van der Waals surface area contributed by atoms with Crippen LogP contribution >= 0.6 is 11.3 Å². The zero-order valence-corrected chi connectivity index (χ0v) is 64.8. The molecular formula is C112H70N4OS. The Hall–Kier alpha value is -15.3. The van der Waals surface area contributed by atoms with Crippen molar-refractivity contribution in [3.05, 3.63) is 425 Å². The molecule has 6 heteroatoms. The predicted molar refractivity (Wildman–Crippen MR) is 502 cm³/mol. The minimum atomic E-state index is 0.872. The first-order valence-corrected chi connectivity index (χ1v) is 41.2. The molecule has 4 heterocycles. The molecule has 0 fully saturated rings. The van der Waals surface area contributed by atoms with Crippen LogP contribution in [0.4, 0.5) is 34.1 Å². The lowest BCUT2D eigenvalue weighted by Crippen LogP contribution is -2.09. The Labute approximate surface area is 684 Å². The molecule has 4 aromatic heterocycles. The highest BCUT2D eigenvalue weighted by Gasteiger charge is 2.25. The van der Waals surface area contributed by atoms with Crippen molar-refractivity contribution in [2.24, 2.45) is 0 Å². The molecule has 0 saturated heterocycles. The lowest BCUT2D eigenvalue weighted by molar-refractivity contribution is 0.669. The molecule has 5 nitrogen and oxygen atoms in total. The van der Waals surface area contributed by atoms with E-state index in [9.17, 15) is 0 Å². The fraction of sp³-hybridized carbons (Fsp3) is 0. The summed E-state index contributed by atoms with van der Waals surface area (Å²) in [6, 6.07) is 156. The van der Waals surface area contributed by atoms with Crippen LogP contribution < -0.4 is 9.80 Å². The molecule has 0 bridgehead atoms. The van der Waals surface area contributed by atoms with Crippen LogP contribution in [-0.2, 0) is 0 Å². The van der Waals surface area contributed by atoms with Gasteiger partial charge in [0.1, 0.15) is 11.2 Å². The Balaban J connectivity index is 0.571. The zero-order valence-electron chi connectivity index (χ0n) is 64.0. The molecule has 550 valence electrons. The van der Waals surface area contributed by atoms with Crippen LogP contribution in [0.25, 0.3) is 196 Å². The number of anilines is 6. The van der Waals surface area contributed by atoms with Gasteiger partial charge in [0.05, 0.1) is 22.1 Å². The maximum Gasteiger partial charge on any atom is 0.135 e. The Morgan fingerprint density at radius 2 is 0.492 bits per heavy atom. The summed E-state index contributed by atoms with van der Waals surface area (Å²) >= 11 is 1.86. The number of rotatable bonds is 13. The minimum absolute atomic E-state index is 0.872. The average Bonchev–Trinajstić information content (AvgIpc) is 1.54. The highest BCUT2D eigenvalue weighted by atomic mass is 32.1. The van der Waals surface area contributed by atoms with Gasteiger partial charge < -0.3 is 23.4 Å². The Morgan fingerprint density at radius 3 is 0.975 bits per heavy atom. The van der Waals surface area contributed by atoms with Crippen LogP contribution in [0.15, 0.2) is 429 Å². The predicted octanol–water partition coefficient (Wildman–Crippen LogP) is 32.0. The molecule has 0 radical (unpaired) electrons. The van der Waals surface area contributed by atoms with Crippen molar-refractivity contribution >= 4 is 174 Å². The molecular weight excluding hydrogens is 1450 g/mol. The van der Waals surface area contributed by atoms with Crippen LogP contribution in [0.3, 0.4) is 0 Å². The van der Waals surface area contributed by atoms with Crippen molar-refractivity contribution in [3.8, 4) is 67.0 Å². The van der Waals surface area contributed by atoms with Gasteiger partial charge in [0, 0.05) is 109 Å². The van der Waals surface area contributed by atoms with E-state index in [-0.39, 0.29) is 0 Å². The summed E-state index contributed by atoms with van der Waals surface area (Å²) in [5.74, 6) is 0. The zero-order chi connectivity index (χ0) is 77.5. The van der Waals surface area contributed by atoms with Crippen molar-refractivity contribution in [2.75, 3.05) is 9.80 Å². The molecule has 0 atom stereocenters. The van der Waals surface area contributed by atoms with Gasteiger partial charge in [0.25, 0.3) is 0 Å². The van der Waals surface area contributed by atoms with E-state index in [1.165, 1.54) is 140 Å². The number of para-hydroxylation sites is 3. The van der Waals surface area contributed by atoms with E-state index in [1.54, 1.807) is 0 Å². The molecule has 24 rings (SSSR count). The summed E-state index contributed by atoms with van der Waals surface area (Å²) in [7, 11) is 0. The minimum Gasteiger partial charge on any atom is -0.456 e. The van der Waals surface area contributed by atoms with E-state index in [1.807, 2.05) is 23.5 Å². The molecule has 24 aromatic rings. The number of aromatic nitrogens is 2. The van der Waals surface area contributed by atoms with Gasteiger partial charge in [0.15, 0.2) is 0 Å². The fourth-order valence-corrected chi connectivity index (χ4v) is 20.0. The first-order valence-electron chi connectivity index (χ1n) is 40.4. The standard InChI is InChI=1S/C112H70N4OS/c1-3-19-71(20-4-1)73-35-49-81(50-36-73)113(87-61-64-106-99(69-87)93-26-15-18-34-105(93)117-106)82-53-39-75(40-54-82)78-45-59-86(60-46-78)116-104-33-17-14-31-98(104)110-102-68-79(47-63-92(102)91-25-9-12-29-96(91)112(110)116)80-48-65-107-100(67-80)101-70-88(62-66-108(101)118-107)114(83-51-37-74(38-52-83)72-21-5-2-6-22-72)84-55-41-76(42-56-84)77-43-57-85(58-44-77)115-103-32-16-13-30-97(103)109-94-27-10-7-23-89(94)90-24-8-11-28-95(90)111(109)115/h1-70H. The number of thiophene rings is 1. The van der Waals surface area contributed by atoms with Crippen molar-refractivity contribution in [2.45, 2.75) is 0 Å². The maximum atomic E-state index is 6.32. The lowest BCUT2D eigenvalue weighted by atomic mass is 9.93. The number of fused-ring (bicyclic) bond motifs is 22. The van der Waals surface area contributed by atoms with E-state index in [4.69, 9.17) is 4.42 Å². The smallest absolute Gasteiger partial charge is 0.135 e. The van der Waals surface area contributed by atoms with Crippen LogP contribution in [0.2, 0.25) is 0 Å². The number of hydrogen-bond donors (Lipinski definition) is 0. The molecule has 0 aliphatic carbocycles. The molecule has 0 unspecified atom stereocenters. The van der Waals surface area contributed by atoms with Gasteiger partial charge in [-0.05, 0) is 234 Å².